The Morgan fingerprint density at radius 1 is 1.31 bits per heavy atom. The van der Waals surface area contributed by atoms with Crippen molar-refractivity contribution in [3.05, 3.63) is 28.7 Å². The van der Waals surface area contributed by atoms with Crippen molar-refractivity contribution in [2.75, 3.05) is 13.2 Å². The molecule has 1 aromatic heterocycles. The molecule has 1 aromatic rings. The van der Waals surface area contributed by atoms with Crippen molar-refractivity contribution >= 4 is 12.6 Å². The average Bonchev–Trinajstić information content (AvgIpc) is 2.22. The van der Waals surface area contributed by atoms with Crippen LogP contribution in [0.4, 0.5) is 0 Å². The Labute approximate surface area is 95.3 Å². The molecule has 2 heterocycles. The maximum atomic E-state index is 11.2. The van der Waals surface area contributed by atoms with Gasteiger partial charge >= 0.3 is 7.12 Å². The third-order valence-electron chi connectivity index (χ3n) is 2.63. The predicted molar refractivity (Wildman–Crippen MR) is 62.8 cm³/mol. The zero-order valence-electron chi connectivity index (χ0n) is 9.90. The third-order valence-corrected chi connectivity index (χ3v) is 2.63. The number of aromatic nitrogens is 1. The Morgan fingerprint density at radius 2 is 1.94 bits per heavy atom. The summed E-state index contributed by atoms with van der Waals surface area (Å²) in [4.78, 5) is 11.2. The highest BCUT2D eigenvalue weighted by Gasteiger charge is 2.33. The summed E-state index contributed by atoms with van der Waals surface area (Å²) in [6.07, 6.45) is 1.76. The van der Waals surface area contributed by atoms with Gasteiger partial charge in [0.05, 0.1) is 0 Å². The maximum absolute atomic E-state index is 11.2. The van der Waals surface area contributed by atoms with Gasteiger partial charge in [0, 0.05) is 37.9 Å². The number of hydrogen-bond donors (Lipinski definition) is 0. The number of aryl methyl sites for hydroxylation is 1. The molecule has 0 atom stereocenters. The summed E-state index contributed by atoms with van der Waals surface area (Å²) in [5, 5.41) is 0. The molecular formula is C11H16BNO3. The van der Waals surface area contributed by atoms with E-state index in [2.05, 4.69) is 13.8 Å². The molecule has 0 spiro atoms. The molecule has 1 aliphatic heterocycles. The van der Waals surface area contributed by atoms with Gasteiger partial charge in [-0.25, -0.2) is 0 Å². The summed E-state index contributed by atoms with van der Waals surface area (Å²) in [6.45, 7) is 5.54. The molecule has 1 aliphatic rings. The highest BCUT2D eigenvalue weighted by atomic mass is 16.6. The normalized spacial score (nSPS) is 19.8. The van der Waals surface area contributed by atoms with Gasteiger partial charge < -0.3 is 13.9 Å². The first kappa shape index (κ1) is 11.4. The molecule has 0 N–H and O–H groups in total. The Bertz CT molecular complexity index is 431. The van der Waals surface area contributed by atoms with Gasteiger partial charge in [0.25, 0.3) is 0 Å². The molecule has 2 rings (SSSR count). The molecule has 0 aromatic carbocycles. The molecular weight excluding hydrogens is 205 g/mol. The van der Waals surface area contributed by atoms with E-state index < -0.39 is 0 Å². The fraction of sp³-hybridized carbons (Fsp3) is 0.545. The molecule has 0 radical (unpaired) electrons. The Hall–Kier alpha value is -1.07. The van der Waals surface area contributed by atoms with Gasteiger partial charge in [0.2, 0.25) is 5.56 Å². The van der Waals surface area contributed by atoms with E-state index in [9.17, 15) is 4.79 Å². The summed E-state index contributed by atoms with van der Waals surface area (Å²) in [7, 11) is 1.37. The van der Waals surface area contributed by atoms with E-state index >= 15 is 0 Å². The van der Waals surface area contributed by atoms with Crippen LogP contribution < -0.4 is 11.0 Å². The molecule has 4 nitrogen and oxygen atoms in total. The van der Waals surface area contributed by atoms with Crippen molar-refractivity contribution in [1.29, 1.82) is 0 Å². The number of pyridine rings is 1. The lowest BCUT2D eigenvalue weighted by atomic mass is 9.77. The van der Waals surface area contributed by atoms with Crippen LogP contribution >= 0.6 is 0 Å². The fourth-order valence-corrected chi connectivity index (χ4v) is 1.64. The summed E-state index contributed by atoms with van der Waals surface area (Å²) >= 11 is 0. The lowest BCUT2D eigenvalue weighted by Gasteiger charge is -2.33. The Kier molecular flexibility index (Phi) is 2.91. The van der Waals surface area contributed by atoms with Crippen LogP contribution in [0.15, 0.2) is 23.1 Å². The molecule has 0 amide bonds. The SMILES string of the molecule is Cn1cc(B2OCC(C)(C)CO2)ccc1=O. The first-order chi connectivity index (χ1) is 7.48. The lowest BCUT2D eigenvalue weighted by Crippen LogP contribution is -2.48. The minimum atomic E-state index is -0.347. The minimum Gasteiger partial charge on any atom is -0.407 e. The second-order valence-electron chi connectivity index (χ2n) is 5.03. The van der Waals surface area contributed by atoms with Gasteiger partial charge in [0.1, 0.15) is 0 Å². The zero-order chi connectivity index (χ0) is 11.8. The van der Waals surface area contributed by atoms with Crippen LogP contribution in [0.3, 0.4) is 0 Å². The summed E-state index contributed by atoms with van der Waals surface area (Å²) in [5.41, 5.74) is 0.925. The topological polar surface area (TPSA) is 40.5 Å². The van der Waals surface area contributed by atoms with Gasteiger partial charge in [0.15, 0.2) is 0 Å². The van der Waals surface area contributed by atoms with Crippen LogP contribution in [0.1, 0.15) is 13.8 Å². The minimum absolute atomic E-state index is 0.0279. The summed E-state index contributed by atoms with van der Waals surface area (Å²) in [6, 6.07) is 3.28. The van der Waals surface area contributed by atoms with Crippen molar-refractivity contribution < 1.29 is 9.31 Å². The van der Waals surface area contributed by atoms with Crippen LogP contribution in [-0.4, -0.2) is 24.9 Å². The molecule has 1 fully saturated rings. The van der Waals surface area contributed by atoms with Crippen molar-refractivity contribution in [1.82, 2.24) is 4.57 Å². The van der Waals surface area contributed by atoms with E-state index in [4.69, 9.17) is 9.31 Å². The second-order valence-corrected chi connectivity index (χ2v) is 5.03. The van der Waals surface area contributed by atoms with Crippen LogP contribution in [0.2, 0.25) is 0 Å². The van der Waals surface area contributed by atoms with Gasteiger partial charge in [-0.3, -0.25) is 4.79 Å². The van der Waals surface area contributed by atoms with Crippen LogP contribution in [-0.2, 0) is 16.4 Å². The first-order valence-corrected chi connectivity index (χ1v) is 5.38. The summed E-state index contributed by atoms with van der Waals surface area (Å²) < 4.78 is 12.8. The molecule has 0 aliphatic carbocycles. The molecule has 5 heteroatoms. The standard InChI is InChI=1S/C11H16BNO3/c1-11(2)7-15-12(16-8-11)9-4-5-10(14)13(3)6-9/h4-6H,7-8H2,1-3H3. The summed E-state index contributed by atoms with van der Waals surface area (Å²) in [5.74, 6) is 0. The van der Waals surface area contributed by atoms with Gasteiger partial charge in [-0.1, -0.05) is 19.9 Å². The van der Waals surface area contributed by atoms with Crippen LogP contribution in [0, 0.1) is 5.41 Å². The molecule has 86 valence electrons. The van der Waals surface area contributed by atoms with Crippen LogP contribution in [0.5, 0.6) is 0 Å². The number of nitrogens with zero attached hydrogens (tertiary/aromatic N) is 1. The largest absolute Gasteiger partial charge is 0.495 e. The Morgan fingerprint density at radius 3 is 2.50 bits per heavy atom. The second kappa shape index (κ2) is 4.07. The van der Waals surface area contributed by atoms with E-state index in [-0.39, 0.29) is 18.1 Å². The van der Waals surface area contributed by atoms with E-state index in [1.807, 2.05) is 0 Å². The third kappa shape index (κ3) is 2.36. The first-order valence-electron chi connectivity index (χ1n) is 5.38. The number of rotatable bonds is 1. The van der Waals surface area contributed by atoms with Crippen molar-refractivity contribution in [2.45, 2.75) is 13.8 Å². The van der Waals surface area contributed by atoms with Gasteiger partial charge in [-0.15, -0.1) is 0 Å². The highest BCUT2D eigenvalue weighted by molar-refractivity contribution is 6.61. The monoisotopic (exact) mass is 221 g/mol. The highest BCUT2D eigenvalue weighted by Crippen LogP contribution is 2.21. The molecule has 0 bridgehead atoms. The van der Waals surface area contributed by atoms with Gasteiger partial charge in [-0.05, 0) is 5.46 Å². The quantitative estimate of drug-likeness (QED) is 0.634. The zero-order valence-corrected chi connectivity index (χ0v) is 9.90. The smallest absolute Gasteiger partial charge is 0.407 e. The van der Waals surface area contributed by atoms with Crippen molar-refractivity contribution in [3.63, 3.8) is 0 Å². The predicted octanol–water partition coefficient (Wildman–Crippen LogP) is 0.153. The van der Waals surface area contributed by atoms with Gasteiger partial charge in [-0.2, -0.15) is 0 Å². The van der Waals surface area contributed by atoms with Crippen molar-refractivity contribution in [2.24, 2.45) is 12.5 Å². The van der Waals surface area contributed by atoms with Crippen molar-refractivity contribution in [3.8, 4) is 0 Å². The number of hydrogen-bond acceptors (Lipinski definition) is 3. The van der Waals surface area contributed by atoms with E-state index in [1.54, 1.807) is 19.3 Å². The molecule has 16 heavy (non-hydrogen) atoms. The average molecular weight is 221 g/mol. The van der Waals surface area contributed by atoms with E-state index in [0.717, 1.165) is 5.46 Å². The Balaban J connectivity index is 2.14. The molecule has 1 saturated heterocycles. The van der Waals surface area contributed by atoms with E-state index in [0.29, 0.717) is 13.2 Å². The maximum Gasteiger partial charge on any atom is 0.495 e. The lowest BCUT2D eigenvalue weighted by molar-refractivity contribution is 0.0342. The molecule has 0 saturated carbocycles. The van der Waals surface area contributed by atoms with E-state index in [1.165, 1.54) is 10.6 Å². The van der Waals surface area contributed by atoms with Crippen LogP contribution in [0.25, 0.3) is 0 Å². The fourth-order valence-electron chi connectivity index (χ4n) is 1.64. The molecule has 0 unspecified atom stereocenters.